The third-order valence-corrected chi connectivity index (χ3v) is 4.20. The predicted molar refractivity (Wildman–Crippen MR) is 75.0 cm³/mol. The number of aryl methyl sites for hydroxylation is 1. The standard InChI is InChI=1S/C16H22FNO/c1-12-8-13(10-14(17)9-12)15(19)11-16(18-2)6-4-3-5-7-16/h8-10,18H,3-7,11H2,1-2H3. The van der Waals surface area contributed by atoms with Crippen LogP contribution in [0.1, 0.15) is 54.4 Å². The second-order valence-corrected chi connectivity index (χ2v) is 5.71. The Bertz CT molecular complexity index is 444. The average molecular weight is 263 g/mol. The van der Waals surface area contributed by atoms with Crippen LogP contribution >= 0.6 is 0 Å². The van der Waals surface area contributed by atoms with Crippen molar-refractivity contribution >= 4 is 5.78 Å². The van der Waals surface area contributed by atoms with E-state index in [-0.39, 0.29) is 17.1 Å². The minimum atomic E-state index is -0.328. The van der Waals surface area contributed by atoms with Crippen molar-refractivity contribution in [2.45, 2.75) is 51.0 Å². The van der Waals surface area contributed by atoms with Crippen LogP contribution < -0.4 is 5.32 Å². The molecule has 2 rings (SSSR count). The first-order chi connectivity index (χ1) is 9.04. The Hall–Kier alpha value is -1.22. The number of nitrogens with one attached hydrogen (secondary N) is 1. The van der Waals surface area contributed by atoms with Crippen molar-refractivity contribution in [2.75, 3.05) is 7.05 Å². The van der Waals surface area contributed by atoms with Gasteiger partial charge in [0.25, 0.3) is 0 Å². The molecule has 104 valence electrons. The summed E-state index contributed by atoms with van der Waals surface area (Å²) in [6.45, 7) is 1.81. The second kappa shape index (κ2) is 5.83. The lowest BCUT2D eigenvalue weighted by molar-refractivity contribution is 0.0914. The van der Waals surface area contributed by atoms with E-state index in [0.717, 1.165) is 31.2 Å². The molecule has 3 heteroatoms. The maximum atomic E-state index is 13.4. The summed E-state index contributed by atoms with van der Waals surface area (Å²) < 4.78 is 13.4. The molecule has 0 unspecified atom stereocenters. The third kappa shape index (κ3) is 3.41. The molecule has 0 radical (unpaired) electrons. The third-order valence-electron chi connectivity index (χ3n) is 4.20. The number of hydrogen-bond acceptors (Lipinski definition) is 2. The summed E-state index contributed by atoms with van der Waals surface area (Å²) in [5, 5.41) is 3.33. The molecular formula is C16H22FNO. The van der Waals surface area contributed by atoms with Gasteiger partial charge in [0.15, 0.2) is 5.78 Å². The highest BCUT2D eigenvalue weighted by Gasteiger charge is 2.32. The first kappa shape index (κ1) is 14.2. The number of Topliss-reactive ketones (excluding diaryl/α,β-unsaturated/α-hetero) is 1. The largest absolute Gasteiger partial charge is 0.314 e. The van der Waals surface area contributed by atoms with Crippen LogP contribution in [0.3, 0.4) is 0 Å². The van der Waals surface area contributed by atoms with Gasteiger partial charge in [-0.05, 0) is 50.6 Å². The molecule has 0 atom stereocenters. The van der Waals surface area contributed by atoms with E-state index >= 15 is 0 Å². The minimum Gasteiger partial charge on any atom is -0.314 e. The monoisotopic (exact) mass is 263 g/mol. The Kier molecular flexibility index (Phi) is 4.35. The first-order valence-electron chi connectivity index (χ1n) is 7.04. The van der Waals surface area contributed by atoms with E-state index in [1.54, 1.807) is 6.07 Å². The molecule has 0 spiro atoms. The van der Waals surface area contributed by atoms with Crippen LogP contribution in [0.2, 0.25) is 0 Å². The van der Waals surface area contributed by atoms with Crippen LogP contribution in [0, 0.1) is 12.7 Å². The Labute approximate surface area is 114 Å². The highest BCUT2D eigenvalue weighted by Crippen LogP contribution is 2.32. The number of carbonyl (C=O) groups excluding carboxylic acids is 1. The van der Waals surface area contributed by atoms with E-state index in [2.05, 4.69) is 5.32 Å². The summed E-state index contributed by atoms with van der Waals surface area (Å²) in [6.07, 6.45) is 6.10. The topological polar surface area (TPSA) is 29.1 Å². The van der Waals surface area contributed by atoms with Crippen molar-refractivity contribution in [3.8, 4) is 0 Å². The summed E-state index contributed by atoms with van der Waals surface area (Å²) in [4.78, 5) is 12.4. The van der Waals surface area contributed by atoms with Crippen molar-refractivity contribution < 1.29 is 9.18 Å². The van der Waals surface area contributed by atoms with Gasteiger partial charge in [-0.2, -0.15) is 0 Å². The van der Waals surface area contributed by atoms with Crippen molar-refractivity contribution in [1.82, 2.24) is 5.32 Å². The van der Waals surface area contributed by atoms with Crippen molar-refractivity contribution in [3.05, 3.63) is 35.1 Å². The molecule has 1 aliphatic carbocycles. The Morgan fingerprint density at radius 2 is 1.95 bits per heavy atom. The molecule has 19 heavy (non-hydrogen) atoms. The number of benzene rings is 1. The predicted octanol–water partition coefficient (Wildman–Crippen LogP) is 3.63. The molecule has 1 saturated carbocycles. The molecule has 0 heterocycles. The van der Waals surface area contributed by atoms with E-state index in [0.29, 0.717) is 12.0 Å². The van der Waals surface area contributed by atoms with Crippen LogP contribution in [-0.2, 0) is 0 Å². The summed E-state index contributed by atoms with van der Waals surface area (Å²) in [6, 6.07) is 4.57. The lowest BCUT2D eigenvalue weighted by atomic mass is 9.77. The zero-order valence-corrected chi connectivity index (χ0v) is 11.8. The summed E-state index contributed by atoms with van der Waals surface area (Å²) >= 11 is 0. The fourth-order valence-corrected chi connectivity index (χ4v) is 3.05. The van der Waals surface area contributed by atoms with Crippen LogP contribution in [-0.4, -0.2) is 18.4 Å². The number of hydrogen-bond donors (Lipinski definition) is 1. The Morgan fingerprint density at radius 1 is 1.26 bits per heavy atom. The van der Waals surface area contributed by atoms with Crippen molar-refractivity contribution in [3.63, 3.8) is 0 Å². The summed E-state index contributed by atoms with van der Waals surface area (Å²) in [7, 11) is 1.93. The number of carbonyl (C=O) groups is 1. The zero-order valence-electron chi connectivity index (χ0n) is 11.8. The van der Waals surface area contributed by atoms with Crippen LogP contribution in [0.5, 0.6) is 0 Å². The highest BCUT2D eigenvalue weighted by atomic mass is 19.1. The fraction of sp³-hybridized carbons (Fsp3) is 0.562. The number of rotatable bonds is 4. The molecular weight excluding hydrogens is 241 g/mol. The van der Waals surface area contributed by atoms with E-state index in [1.165, 1.54) is 18.6 Å². The van der Waals surface area contributed by atoms with Crippen molar-refractivity contribution in [2.24, 2.45) is 0 Å². The minimum absolute atomic E-state index is 0.0406. The van der Waals surface area contributed by atoms with E-state index in [9.17, 15) is 9.18 Å². The molecule has 1 aromatic rings. The molecule has 1 fully saturated rings. The molecule has 0 saturated heterocycles. The Morgan fingerprint density at radius 3 is 2.53 bits per heavy atom. The highest BCUT2D eigenvalue weighted by molar-refractivity contribution is 5.97. The van der Waals surface area contributed by atoms with Gasteiger partial charge in [-0.15, -0.1) is 0 Å². The van der Waals surface area contributed by atoms with Gasteiger partial charge in [-0.3, -0.25) is 4.79 Å². The molecule has 0 aromatic heterocycles. The molecule has 0 amide bonds. The van der Waals surface area contributed by atoms with Gasteiger partial charge in [0.1, 0.15) is 5.82 Å². The van der Waals surface area contributed by atoms with Crippen LogP contribution in [0.25, 0.3) is 0 Å². The van der Waals surface area contributed by atoms with Gasteiger partial charge in [-0.25, -0.2) is 4.39 Å². The SMILES string of the molecule is CNC1(CC(=O)c2cc(C)cc(F)c2)CCCCC1. The van der Waals surface area contributed by atoms with E-state index in [4.69, 9.17) is 0 Å². The second-order valence-electron chi connectivity index (χ2n) is 5.71. The molecule has 1 aromatic carbocycles. The molecule has 1 aliphatic rings. The average Bonchev–Trinajstić information content (AvgIpc) is 2.38. The van der Waals surface area contributed by atoms with Crippen molar-refractivity contribution in [1.29, 1.82) is 0 Å². The lowest BCUT2D eigenvalue weighted by Crippen LogP contribution is -2.46. The first-order valence-corrected chi connectivity index (χ1v) is 7.04. The number of ketones is 1. The van der Waals surface area contributed by atoms with Gasteiger partial charge in [0, 0.05) is 17.5 Å². The summed E-state index contributed by atoms with van der Waals surface area (Å²) in [5.41, 5.74) is 1.21. The Balaban J connectivity index is 2.15. The molecule has 0 aliphatic heterocycles. The molecule has 1 N–H and O–H groups in total. The van der Waals surface area contributed by atoms with Gasteiger partial charge in [0.05, 0.1) is 0 Å². The zero-order chi connectivity index (χ0) is 13.9. The quantitative estimate of drug-likeness (QED) is 0.840. The lowest BCUT2D eigenvalue weighted by Gasteiger charge is -2.36. The summed E-state index contributed by atoms with van der Waals surface area (Å²) in [5.74, 6) is -0.288. The molecule has 0 bridgehead atoms. The maximum Gasteiger partial charge on any atom is 0.164 e. The molecule has 2 nitrogen and oxygen atoms in total. The van der Waals surface area contributed by atoms with Crippen LogP contribution in [0.15, 0.2) is 18.2 Å². The van der Waals surface area contributed by atoms with Gasteiger partial charge >= 0.3 is 0 Å². The van der Waals surface area contributed by atoms with Gasteiger partial charge < -0.3 is 5.32 Å². The maximum absolute atomic E-state index is 13.4. The fourth-order valence-electron chi connectivity index (χ4n) is 3.05. The van der Waals surface area contributed by atoms with E-state index < -0.39 is 0 Å². The van der Waals surface area contributed by atoms with Crippen LogP contribution in [0.4, 0.5) is 4.39 Å². The normalized spacial score (nSPS) is 18.3. The van der Waals surface area contributed by atoms with Gasteiger partial charge in [0.2, 0.25) is 0 Å². The van der Waals surface area contributed by atoms with Gasteiger partial charge in [-0.1, -0.05) is 19.3 Å². The van der Waals surface area contributed by atoms with E-state index in [1.807, 2.05) is 14.0 Å². The number of halogens is 1. The smallest absolute Gasteiger partial charge is 0.164 e.